The molecule has 0 amide bonds. The molecule has 0 aliphatic carbocycles. The number of rotatable bonds is 6. The summed E-state index contributed by atoms with van der Waals surface area (Å²) in [6.45, 7) is 8.71. The van der Waals surface area contributed by atoms with E-state index in [9.17, 15) is 0 Å². The molecule has 5 rings (SSSR count). The third kappa shape index (κ3) is 4.35. The van der Waals surface area contributed by atoms with Gasteiger partial charge in [-0.3, -0.25) is 0 Å². The van der Waals surface area contributed by atoms with Gasteiger partial charge in [-0.15, -0.1) is 0 Å². The quantitative estimate of drug-likeness (QED) is 0.449. The maximum absolute atomic E-state index is 6.38. The number of aliphatic imine (C=N–C) groups is 2. The van der Waals surface area contributed by atoms with Crippen molar-refractivity contribution in [1.82, 2.24) is 4.98 Å². The Hall–Kier alpha value is -3.47. The van der Waals surface area contributed by atoms with Crippen molar-refractivity contribution in [3.8, 4) is 0 Å². The molecule has 174 valence electrons. The van der Waals surface area contributed by atoms with Crippen molar-refractivity contribution in [2.24, 2.45) is 21.8 Å². The summed E-state index contributed by atoms with van der Waals surface area (Å²) in [5, 5.41) is 0. The van der Waals surface area contributed by atoms with Gasteiger partial charge in [0.1, 0.15) is 23.6 Å². The molecule has 3 aromatic rings. The van der Waals surface area contributed by atoms with Gasteiger partial charge in [-0.05, 0) is 35.1 Å². The van der Waals surface area contributed by atoms with Crippen LogP contribution in [0.1, 0.15) is 62.4 Å². The van der Waals surface area contributed by atoms with Gasteiger partial charge in [0, 0.05) is 0 Å². The van der Waals surface area contributed by atoms with Crippen LogP contribution < -0.4 is 0 Å². The first kappa shape index (κ1) is 22.3. The molecule has 3 heterocycles. The van der Waals surface area contributed by atoms with Crippen molar-refractivity contribution in [1.29, 1.82) is 0 Å². The van der Waals surface area contributed by atoms with Crippen LogP contribution in [-0.4, -0.2) is 28.9 Å². The highest BCUT2D eigenvalue weighted by molar-refractivity contribution is 5.97. The van der Waals surface area contributed by atoms with Crippen LogP contribution in [0.5, 0.6) is 0 Å². The molecule has 2 aliphatic heterocycles. The number of nitrogens with zero attached hydrogens (tertiary/aromatic N) is 3. The lowest BCUT2D eigenvalue weighted by Crippen LogP contribution is -2.20. The molecule has 0 bridgehead atoms. The Kier molecular flexibility index (Phi) is 6.18. The summed E-state index contributed by atoms with van der Waals surface area (Å²) in [5.74, 6) is 1.83. The molecule has 0 saturated heterocycles. The van der Waals surface area contributed by atoms with E-state index >= 15 is 0 Å². The van der Waals surface area contributed by atoms with Gasteiger partial charge in [0.2, 0.25) is 11.8 Å². The zero-order chi connectivity index (χ0) is 23.7. The fourth-order valence-electron chi connectivity index (χ4n) is 4.59. The minimum Gasteiger partial charge on any atom is -0.466 e. The smallest absolute Gasteiger partial charge is 0.236 e. The van der Waals surface area contributed by atoms with Gasteiger partial charge in [0.25, 0.3) is 0 Å². The van der Waals surface area contributed by atoms with E-state index in [-0.39, 0.29) is 24.3 Å². The number of aromatic nitrogens is 1. The lowest BCUT2D eigenvalue weighted by molar-refractivity contribution is 0.174. The van der Waals surface area contributed by atoms with E-state index in [4.69, 9.17) is 24.4 Å². The molecule has 1 aromatic heterocycles. The Morgan fingerprint density at radius 3 is 1.35 bits per heavy atom. The van der Waals surface area contributed by atoms with Crippen LogP contribution in [0, 0.1) is 11.8 Å². The van der Waals surface area contributed by atoms with E-state index in [0.29, 0.717) is 35.0 Å². The summed E-state index contributed by atoms with van der Waals surface area (Å²) < 4.78 is 12.8. The zero-order valence-electron chi connectivity index (χ0n) is 20.1. The van der Waals surface area contributed by atoms with Crippen LogP contribution in [0.4, 0.5) is 0 Å². The number of hydrogen-bond acceptors (Lipinski definition) is 5. The van der Waals surface area contributed by atoms with Gasteiger partial charge >= 0.3 is 0 Å². The summed E-state index contributed by atoms with van der Waals surface area (Å²) in [7, 11) is 0. The summed E-state index contributed by atoms with van der Waals surface area (Å²) in [6, 6.07) is 26.5. The average molecular weight is 454 g/mol. The van der Waals surface area contributed by atoms with E-state index in [1.54, 1.807) is 0 Å². The van der Waals surface area contributed by atoms with Crippen molar-refractivity contribution in [2.75, 3.05) is 0 Å². The fraction of sp³-hybridized carbons (Fsp3) is 0.345. The maximum Gasteiger partial charge on any atom is 0.236 e. The van der Waals surface area contributed by atoms with Crippen molar-refractivity contribution in [3.05, 3.63) is 101 Å². The first-order chi connectivity index (χ1) is 16.5. The summed E-state index contributed by atoms with van der Waals surface area (Å²) in [4.78, 5) is 14.7. The molecule has 0 N–H and O–H groups in total. The van der Waals surface area contributed by atoms with Gasteiger partial charge in [-0.2, -0.15) is 0 Å². The van der Waals surface area contributed by atoms with Crippen molar-refractivity contribution < 1.29 is 9.47 Å². The van der Waals surface area contributed by atoms with E-state index < -0.39 is 0 Å². The van der Waals surface area contributed by atoms with Crippen molar-refractivity contribution in [2.45, 2.75) is 52.0 Å². The Morgan fingerprint density at radius 1 is 0.559 bits per heavy atom. The normalized spacial score (nSPS) is 24.1. The highest BCUT2D eigenvalue weighted by atomic mass is 16.5. The average Bonchev–Trinajstić information content (AvgIpc) is 3.51. The molecule has 0 saturated carbocycles. The monoisotopic (exact) mass is 453 g/mol. The van der Waals surface area contributed by atoms with Crippen LogP contribution in [0.25, 0.3) is 0 Å². The van der Waals surface area contributed by atoms with Crippen LogP contribution in [-0.2, 0) is 9.47 Å². The van der Waals surface area contributed by atoms with Crippen LogP contribution in [0.3, 0.4) is 0 Å². The van der Waals surface area contributed by atoms with E-state index in [2.05, 4.69) is 52.0 Å². The van der Waals surface area contributed by atoms with Crippen LogP contribution in [0.15, 0.2) is 88.8 Å². The third-order valence-corrected chi connectivity index (χ3v) is 6.44. The highest BCUT2D eigenvalue weighted by Gasteiger charge is 2.37. The number of pyridine rings is 1. The van der Waals surface area contributed by atoms with Crippen molar-refractivity contribution in [3.63, 3.8) is 0 Å². The predicted octanol–water partition coefficient (Wildman–Crippen LogP) is 6.17. The number of ether oxygens (including phenoxy) is 2. The molecule has 0 radical (unpaired) electrons. The Bertz CT molecular complexity index is 1100. The second kappa shape index (κ2) is 9.41. The lowest BCUT2D eigenvalue weighted by Gasteiger charge is -2.20. The number of benzene rings is 2. The van der Waals surface area contributed by atoms with Gasteiger partial charge < -0.3 is 9.47 Å². The Morgan fingerprint density at radius 2 is 0.971 bits per heavy atom. The maximum atomic E-state index is 6.38. The van der Waals surface area contributed by atoms with Crippen LogP contribution >= 0.6 is 0 Å². The molecule has 5 heteroatoms. The van der Waals surface area contributed by atoms with Crippen molar-refractivity contribution >= 4 is 11.8 Å². The topological polar surface area (TPSA) is 56.1 Å². The zero-order valence-corrected chi connectivity index (χ0v) is 20.1. The molecule has 0 fully saturated rings. The van der Waals surface area contributed by atoms with E-state index in [0.717, 1.165) is 11.1 Å². The molecular formula is C29H31N3O2. The molecule has 2 aliphatic rings. The minimum atomic E-state index is -0.116. The van der Waals surface area contributed by atoms with E-state index in [1.165, 1.54) is 0 Å². The molecule has 4 atom stereocenters. The standard InChI is InChI=1S/C29H31N3O2/c1-18(2)24-26(20-12-7-5-8-13-20)33-28(31-24)22-16-11-17-23(30-22)29-32-25(19(3)4)27(34-29)21-14-9-6-10-15-21/h5-19,24-27H,1-4H3/t24-,25-,26+,27+/m1/s1. The van der Waals surface area contributed by atoms with Gasteiger partial charge in [-0.1, -0.05) is 94.4 Å². The predicted molar refractivity (Wildman–Crippen MR) is 135 cm³/mol. The molecule has 0 spiro atoms. The summed E-state index contributed by atoms with van der Waals surface area (Å²) >= 11 is 0. The summed E-state index contributed by atoms with van der Waals surface area (Å²) in [6.07, 6.45) is -0.232. The van der Waals surface area contributed by atoms with E-state index in [1.807, 2.05) is 54.6 Å². The minimum absolute atomic E-state index is 0.0377. The van der Waals surface area contributed by atoms with Gasteiger partial charge in [0.15, 0.2) is 0 Å². The first-order valence-electron chi connectivity index (χ1n) is 12.1. The molecule has 34 heavy (non-hydrogen) atoms. The molecular weight excluding hydrogens is 422 g/mol. The van der Waals surface area contributed by atoms with Gasteiger partial charge in [-0.25, -0.2) is 15.0 Å². The second-order valence-corrected chi connectivity index (χ2v) is 9.64. The molecule has 0 unspecified atom stereocenters. The highest BCUT2D eigenvalue weighted by Crippen LogP contribution is 2.36. The first-order valence-corrected chi connectivity index (χ1v) is 12.1. The number of hydrogen-bond donors (Lipinski definition) is 0. The Balaban J connectivity index is 1.43. The largest absolute Gasteiger partial charge is 0.466 e. The Labute approximate surface area is 201 Å². The lowest BCUT2D eigenvalue weighted by atomic mass is 9.94. The van der Waals surface area contributed by atoms with Crippen LogP contribution in [0.2, 0.25) is 0 Å². The summed E-state index contributed by atoms with van der Waals surface area (Å²) in [5.41, 5.74) is 3.67. The molecule has 2 aromatic carbocycles. The molecule has 5 nitrogen and oxygen atoms in total. The van der Waals surface area contributed by atoms with Gasteiger partial charge in [0.05, 0.1) is 12.1 Å². The second-order valence-electron chi connectivity index (χ2n) is 9.64. The third-order valence-electron chi connectivity index (χ3n) is 6.44. The fourth-order valence-corrected chi connectivity index (χ4v) is 4.59. The SMILES string of the molecule is CC(C)[C@H]1N=C(c2cccc(C3=N[C@H](C(C)C)[C@H](c4ccccc4)O3)n2)O[C@H]1c1ccccc1.